The molecule has 3 saturated heterocycles. The van der Waals surface area contributed by atoms with E-state index in [0.717, 1.165) is 38.5 Å². The van der Waals surface area contributed by atoms with Gasteiger partial charge in [0.15, 0.2) is 18.9 Å². The number of ether oxygens (including phenoxy) is 6. The molecule has 19 nitrogen and oxygen atoms in total. The summed E-state index contributed by atoms with van der Waals surface area (Å²) in [7, 11) is 0. The van der Waals surface area contributed by atoms with E-state index < -0.39 is 124 Å². The highest BCUT2D eigenvalue weighted by Gasteiger charge is 2.54. The molecular formula is C95H181NO18. The van der Waals surface area contributed by atoms with Crippen LogP contribution in [0.2, 0.25) is 0 Å². The van der Waals surface area contributed by atoms with Gasteiger partial charge >= 0.3 is 0 Å². The summed E-state index contributed by atoms with van der Waals surface area (Å²) in [6.45, 7) is 1.81. The Morgan fingerprint density at radius 3 is 0.877 bits per heavy atom. The van der Waals surface area contributed by atoms with Crippen LogP contribution in [0.3, 0.4) is 0 Å². The summed E-state index contributed by atoms with van der Waals surface area (Å²) in [5.41, 5.74) is 0. The summed E-state index contributed by atoms with van der Waals surface area (Å²) < 4.78 is 34.6. The molecule has 12 N–H and O–H groups in total. The third kappa shape index (κ3) is 52.6. The van der Waals surface area contributed by atoms with Gasteiger partial charge in [0.25, 0.3) is 0 Å². The minimum atomic E-state index is -1.98. The van der Waals surface area contributed by atoms with Crippen molar-refractivity contribution in [2.75, 3.05) is 26.4 Å². The van der Waals surface area contributed by atoms with Crippen LogP contribution in [0.1, 0.15) is 444 Å². The van der Waals surface area contributed by atoms with Crippen LogP contribution in [0.25, 0.3) is 0 Å². The van der Waals surface area contributed by atoms with Crippen molar-refractivity contribution in [3.63, 3.8) is 0 Å². The zero-order chi connectivity index (χ0) is 82.4. The Morgan fingerprint density at radius 2 is 0.561 bits per heavy atom. The number of nitrogens with one attached hydrogen (secondary N) is 1. The standard InChI is InChI=1S/C95H181NO18/c1-3-5-7-9-11-13-15-17-19-21-23-25-27-29-31-33-35-37-38-39-41-43-45-47-49-51-53-55-57-59-61-63-65-67-69-71-73-83(101)96-78(79(100)72-70-68-66-64-62-60-58-56-54-52-50-48-46-44-42-40-36-34-32-30-28-26-24-22-20-18-16-14-12-10-8-6-4-2)77-109-93-89(107)86(104)91(81(75-98)111-93)114-95-90(108)87(105)92(82(76-99)112-95)113-94-88(106)85(103)84(102)80(74-97)110-94/h62,64,70,72,78-82,84-95,97-100,102-108H,3-61,63,65-69,71,73-77H2,1-2H3,(H,96,101)/b64-62+,72-70+. The van der Waals surface area contributed by atoms with E-state index in [1.165, 1.54) is 372 Å². The van der Waals surface area contributed by atoms with Crippen LogP contribution in [-0.2, 0) is 33.2 Å². The lowest BCUT2D eigenvalue weighted by Crippen LogP contribution is -2.66. The second-order valence-electron chi connectivity index (χ2n) is 34.9. The predicted molar refractivity (Wildman–Crippen MR) is 462 cm³/mol. The summed E-state index contributed by atoms with van der Waals surface area (Å²) >= 11 is 0. The number of hydrogen-bond donors (Lipinski definition) is 12. The number of amides is 1. The van der Waals surface area contributed by atoms with E-state index in [2.05, 4.69) is 31.3 Å². The van der Waals surface area contributed by atoms with E-state index in [1.54, 1.807) is 6.08 Å². The highest BCUT2D eigenvalue weighted by molar-refractivity contribution is 5.76. The fraction of sp³-hybridized carbons (Fsp3) is 0.947. The van der Waals surface area contributed by atoms with E-state index >= 15 is 0 Å². The number of aliphatic hydroxyl groups excluding tert-OH is 11. The number of allylic oxidation sites excluding steroid dienone is 3. The highest BCUT2D eigenvalue weighted by Crippen LogP contribution is 2.34. The van der Waals surface area contributed by atoms with Crippen LogP contribution < -0.4 is 5.32 Å². The lowest BCUT2D eigenvalue weighted by molar-refractivity contribution is -0.379. The Kier molecular flexibility index (Phi) is 70.1. The Balaban J connectivity index is 1.30. The molecule has 114 heavy (non-hydrogen) atoms. The van der Waals surface area contributed by atoms with Crippen molar-refractivity contribution < 1.29 is 89.4 Å². The number of unbranched alkanes of at least 4 members (excludes halogenated alkanes) is 63. The topological polar surface area (TPSA) is 307 Å². The summed E-state index contributed by atoms with van der Waals surface area (Å²) in [6.07, 6.45) is 69.4. The molecule has 3 rings (SSSR count). The first-order valence-corrected chi connectivity index (χ1v) is 48.6. The highest BCUT2D eigenvalue weighted by atomic mass is 16.8. The van der Waals surface area contributed by atoms with Gasteiger partial charge in [-0.05, 0) is 32.1 Å². The summed E-state index contributed by atoms with van der Waals surface area (Å²) in [6, 6.07) is -0.990. The minimum Gasteiger partial charge on any atom is -0.394 e. The van der Waals surface area contributed by atoms with Crippen molar-refractivity contribution in [1.82, 2.24) is 5.32 Å². The normalized spacial score (nSPS) is 24.7. The zero-order valence-corrected chi connectivity index (χ0v) is 73.1. The summed E-state index contributed by atoms with van der Waals surface area (Å²) in [5, 5.41) is 121. The molecule has 3 aliphatic heterocycles. The summed E-state index contributed by atoms with van der Waals surface area (Å²) in [5.74, 6) is -0.275. The molecule has 0 aromatic heterocycles. The first kappa shape index (κ1) is 106. The van der Waals surface area contributed by atoms with Crippen molar-refractivity contribution >= 4 is 5.91 Å². The molecule has 3 heterocycles. The SMILES string of the molecule is CCCCCCCCCCCCCCCCCCCCCCCCCCCCC/C=C/CC/C=C/C(O)C(COC1OC(CO)C(OC2OC(CO)C(OC3OC(CO)C(O)C(O)C3O)C(O)C2O)C(O)C1O)NC(=O)CCCCCCCCCCCCCCCCCCCCCCCCCCCCCCCCCCCCCC. The quantitative estimate of drug-likeness (QED) is 0.0199. The molecule has 0 aromatic carbocycles. The molecule has 0 bridgehead atoms. The average molecular weight is 1630 g/mol. The van der Waals surface area contributed by atoms with Crippen molar-refractivity contribution in [3.8, 4) is 0 Å². The van der Waals surface area contributed by atoms with Crippen LogP contribution in [0.15, 0.2) is 24.3 Å². The lowest BCUT2D eigenvalue weighted by Gasteiger charge is -2.48. The molecule has 0 spiro atoms. The molecular weight excluding hydrogens is 1440 g/mol. The van der Waals surface area contributed by atoms with E-state index in [9.17, 15) is 61.0 Å². The fourth-order valence-electron chi connectivity index (χ4n) is 16.8. The number of rotatable bonds is 81. The maximum absolute atomic E-state index is 13.5. The lowest BCUT2D eigenvalue weighted by atomic mass is 9.96. The van der Waals surface area contributed by atoms with Crippen LogP contribution in [0, 0.1) is 0 Å². The Morgan fingerprint density at radius 1 is 0.307 bits per heavy atom. The molecule has 674 valence electrons. The third-order valence-corrected chi connectivity index (χ3v) is 24.5. The van der Waals surface area contributed by atoms with E-state index in [-0.39, 0.29) is 18.9 Å². The van der Waals surface area contributed by atoms with Crippen LogP contribution >= 0.6 is 0 Å². The molecule has 17 unspecified atom stereocenters. The van der Waals surface area contributed by atoms with Crippen LogP contribution in [0.4, 0.5) is 0 Å². The van der Waals surface area contributed by atoms with E-state index in [0.29, 0.717) is 12.8 Å². The van der Waals surface area contributed by atoms with Gasteiger partial charge in [-0.15, -0.1) is 0 Å². The van der Waals surface area contributed by atoms with Crippen molar-refractivity contribution in [3.05, 3.63) is 24.3 Å². The van der Waals surface area contributed by atoms with Gasteiger partial charge in [-0.25, -0.2) is 0 Å². The van der Waals surface area contributed by atoms with Crippen LogP contribution in [-0.4, -0.2) is 193 Å². The fourth-order valence-corrected chi connectivity index (χ4v) is 16.8. The number of aliphatic hydroxyl groups is 11. The molecule has 19 heteroatoms. The van der Waals surface area contributed by atoms with Gasteiger partial charge in [0, 0.05) is 6.42 Å². The molecule has 0 saturated carbocycles. The predicted octanol–water partition coefficient (Wildman–Crippen LogP) is 19.6. The second-order valence-corrected chi connectivity index (χ2v) is 34.9. The Labute approximate surface area is 696 Å². The van der Waals surface area contributed by atoms with Crippen LogP contribution in [0.5, 0.6) is 0 Å². The average Bonchev–Trinajstić information content (AvgIpc) is 0.799. The van der Waals surface area contributed by atoms with Gasteiger partial charge < -0.3 is 89.9 Å². The third-order valence-electron chi connectivity index (χ3n) is 24.5. The van der Waals surface area contributed by atoms with E-state index in [1.807, 2.05) is 6.08 Å². The van der Waals surface area contributed by atoms with Crippen molar-refractivity contribution in [2.45, 2.75) is 548 Å². The molecule has 1 amide bonds. The zero-order valence-electron chi connectivity index (χ0n) is 73.1. The maximum Gasteiger partial charge on any atom is 0.220 e. The molecule has 0 radical (unpaired) electrons. The maximum atomic E-state index is 13.5. The van der Waals surface area contributed by atoms with Gasteiger partial charge in [0.1, 0.15) is 73.2 Å². The van der Waals surface area contributed by atoms with E-state index in [4.69, 9.17) is 28.4 Å². The van der Waals surface area contributed by atoms with Gasteiger partial charge in [-0.1, -0.05) is 430 Å². The van der Waals surface area contributed by atoms with Gasteiger partial charge in [-0.2, -0.15) is 0 Å². The molecule has 0 aromatic rings. The molecule has 3 aliphatic rings. The first-order chi connectivity index (χ1) is 55.8. The number of carbonyl (C=O) groups is 1. The second kappa shape index (κ2) is 75.0. The Hall–Kier alpha value is -1.73. The van der Waals surface area contributed by atoms with Gasteiger partial charge in [0.05, 0.1) is 38.6 Å². The van der Waals surface area contributed by atoms with Gasteiger partial charge in [0.2, 0.25) is 5.91 Å². The first-order valence-electron chi connectivity index (χ1n) is 48.6. The number of carbonyl (C=O) groups excluding carboxylic acids is 1. The number of hydrogen-bond acceptors (Lipinski definition) is 18. The smallest absolute Gasteiger partial charge is 0.220 e. The van der Waals surface area contributed by atoms with Gasteiger partial charge in [-0.3, -0.25) is 4.79 Å². The minimum absolute atomic E-state index is 0.242. The Bertz CT molecular complexity index is 2140. The summed E-state index contributed by atoms with van der Waals surface area (Å²) in [4.78, 5) is 13.5. The van der Waals surface area contributed by atoms with Crippen molar-refractivity contribution in [1.29, 1.82) is 0 Å². The van der Waals surface area contributed by atoms with Crippen molar-refractivity contribution in [2.24, 2.45) is 0 Å². The molecule has 3 fully saturated rings. The largest absolute Gasteiger partial charge is 0.394 e. The monoisotopic (exact) mass is 1620 g/mol. The molecule has 17 atom stereocenters. The molecule has 0 aliphatic carbocycles.